The first-order valence-corrected chi connectivity index (χ1v) is 5.16. The van der Waals surface area contributed by atoms with Gasteiger partial charge in [-0.15, -0.1) is 6.42 Å². The summed E-state index contributed by atoms with van der Waals surface area (Å²) in [6, 6.07) is 0. The maximum Gasteiger partial charge on any atom is 0 e. The summed E-state index contributed by atoms with van der Waals surface area (Å²) in [5.41, 5.74) is 3.05. The zero-order valence-electron chi connectivity index (χ0n) is 8.82. The predicted molar refractivity (Wildman–Crippen MR) is 53.9 cm³/mol. The first kappa shape index (κ1) is 13.4. The van der Waals surface area contributed by atoms with Crippen LogP contribution in [0.5, 0.6) is 0 Å². The second kappa shape index (κ2) is 7.73. The molecule has 0 saturated carbocycles. The van der Waals surface area contributed by atoms with Crippen LogP contribution in [-0.2, 0) is 25.8 Å². The number of hydrogen-bond acceptors (Lipinski definition) is 0. The maximum atomic E-state index is 3.45. The van der Waals surface area contributed by atoms with Gasteiger partial charge < -0.3 is 0 Å². The van der Waals surface area contributed by atoms with E-state index in [1.807, 2.05) is 0 Å². The minimum absolute atomic E-state index is 0. The van der Waals surface area contributed by atoms with E-state index in [2.05, 4.69) is 26.0 Å². The quantitative estimate of drug-likeness (QED) is 0.523. The molecule has 1 heteroatoms. The molecule has 0 atom stereocenters. The van der Waals surface area contributed by atoms with Gasteiger partial charge in [0.05, 0.1) is 0 Å². The first-order valence-electron chi connectivity index (χ1n) is 5.16. The van der Waals surface area contributed by atoms with Crippen molar-refractivity contribution in [1.29, 1.82) is 0 Å². The summed E-state index contributed by atoms with van der Waals surface area (Å²) in [4.78, 5) is 0. The van der Waals surface area contributed by atoms with Gasteiger partial charge in [-0.05, 0) is 6.42 Å². The minimum atomic E-state index is 0. The van der Waals surface area contributed by atoms with Crippen molar-refractivity contribution in [3.05, 3.63) is 23.3 Å². The second-order valence-corrected chi connectivity index (χ2v) is 3.53. The summed E-state index contributed by atoms with van der Waals surface area (Å²) in [7, 11) is 0. The molecule has 1 rings (SSSR count). The number of unbranched alkanes of at least 4 members (excludes halogenated alkanes) is 1. The molecule has 0 aromatic heterocycles. The first-order chi connectivity index (χ1) is 5.86. The fraction of sp³-hybridized carbons (Fsp3) is 0.667. The molecule has 0 radical (unpaired) electrons. The van der Waals surface area contributed by atoms with Crippen molar-refractivity contribution in [3.8, 4) is 0 Å². The number of hydrogen-bond donors (Lipinski definition) is 0. The van der Waals surface area contributed by atoms with Crippen LogP contribution in [0.1, 0.15) is 52.4 Å². The maximum absolute atomic E-state index is 3.45. The smallest absolute Gasteiger partial charge is 0 e. The van der Waals surface area contributed by atoms with Gasteiger partial charge in [0.1, 0.15) is 0 Å². The Balaban J connectivity index is 0.00000144. The SMILES string of the molecule is CCCCC1=[C-]CC(CCC)=C1.[Hf]. The Hall–Kier alpha value is 0.350. The molecule has 0 aromatic rings. The standard InChI is InChI=1S/C12H19.Hf/c1-3-5-7-12-9-8-11(10-12)6-4-2;/h10H,3-8H2,1-2H3;/q-1;. The molecule has 1 aliphatic rings. The van der Waals surface area contributed by atoms with Crippen LogP contribution in [0.25, 0.3) is 0 Å². The van der Waals surface area contributed by atoms with Crippen LogP contribution in [0.15, 0.2) is 17.2 Å². The van der Waals surface area contributed by atoms with Crippen molar-refractivity contribution in [2.45, 2.75) is 52.4 Å². The average Bonchev–Trinajstić information content (AvgIpc) is 2.50. The third-order valence-corrected chi connectivity index (χ3v) is 2.29. The molecule has 0 unspecified atom stereocenters. The molecule has 72 valence electrons. The molecule has 0 N–H and O–H groups in total. The average molecular weight is 342 g/mol. The fourth-order valence-corrected chi connectivity index (χ4v) is 1.58. The predicted octanol–water partition coefficient (Wildman–Crippen LogP) is 4.03. The molecule has 0 aromatic carbocycles. The van der Waals surface area contributed by atoms with Crippen LogP contribution in [-0.4, -0.2) is 0 Å². The van der Waals surface area contributed by atoms with E-state index in [0.29, 0.717) is 0 Å². The van der Waals surface area contributed by atoms with E-state index in [1.54, 1.807) is 5.57 Å². The third-order valence-electron chi connectivity index (χ3n) is 2.29. The van der Waals surface area contributed by atoms with Crippen molar-refractivity contribution in [2.75, 3.05) is 0 Å². The van der Waals surface area contributed by atoms with Crippen LogP contribution in [0.3, 0.4) is 0 Å². The van der Waals surface area contributed by atoms with Crippen LogP contribution >= 0.6 is 0 Å². The molecule has 0 fully saturated rings. The molecule has 0 saturated heterocycles. The van der Waals surface area contributed by atoms with Crippen LogP contribution in [0, 0.1) is 6.08 Å². The van der Waals surface area contributed by atoms with Gasteiger partial charge in [0.25, 0.3) is 0 Å². The van der Waals surface area contributed by atoms with Crippen molar-refractivity contribution in [2.24, 2.45) is 0 Å². The van der Waals surface area contributed by atoms with Gasteiger partial charge in [0.15, 0.2) is 0 Å². The Morgan fingerprint density at radius 1 is 1.23 bits per heavy atom. The second-order valence-electron chi connectivity index (χ2n) is 3.53. The van der Waals surface area contributed by atoms with Gasteiger partial charge in [0, 0.05) is 25.8 Å². The van der Waals surface area contributed by atoms with Gasteiger partial charge in [0.2, 0.25) is 0 Å². The molecule has 0 heterocycles. The summed E-state index contributed by atoms with van der Waals surface area (Å²) in [6.45, 7) is 4.48. The van der Waals surface area contributed by atoms with E-state index < -0.39 is 0 Å². The topological polar surface area (TPSA) is 0 Å². The van der Waals surface area contributed by atoms with Crippen LogP contribution < -0.4 is 0 Å². The summed E-state index contributed by atoms with van der Waals surface area (Å²) in [6.07, 6.45) is 13.3. The molecular formula is C12H19Hf-. The Bertz CT molecular complexity index is 189. The van der Waals surface area contributed by atoms with Gasteiger partial charge in [-0.3, -0.25) is 6.08 Å². The van der Waals surface area contributed by atoms with Crippen molar-refractivity contribution in [3.63, 3.8) is 0 Å². The van der Waals surface area contributed by atoms with Gasteiger partial charge >= 0.3 is 0 Å². The molecule has 0 aliphatic heterocycles. The molecule has 0 bridgehead atoms. The van der Waals surface area contributed by atoms with E-state index in [0.717, 1.165) is 6.42 Å². The fourth-order valence-electron chi connectivity index (χ4n) is 1.58. The Labute approximate surface area is 101 Å². The normalized spacial score (nSPS) is 14.9. The van der Waals surface area contributed by atoms with E-state index in [1.165, 1.54) is 37.7 Å². The van der Waals surface area contributed by atoms with E-state index in [9.17, 15) is 0 Å². The summed E-state index contributed by atoms with van der Waals surface area (Å²) in [5.74, 6) is 0. The minimum Gasteiger partial charge on any atom is -0.269 e. The molecule has 0 nitrogen and oxygen atoms in total. The zero-order valence-corrected chi connectivity index (χ0v) is 12.4. The van der Waals surface area contributed by atoms with E-state index >= 15 is 0 Å². The summed E-state index contributed by atoms with van der Waals surface area (Å²) in [5, 5.41) is 0. The van der Waals surface area contributed by atoms with E-state index in [4.69, 9.17) is 0 Å². The van der Waals surface area contributed by atoms with Crippen LogP contribution in [0.4, 0.5) is 0 Å². The summed E-state index contributed by atoms with van der Waals surface area (Å²) < 4.78 is 0. The van der Waals surface area contributed by atoms with Gasteiger partial charge in [-0.25, -0.2) is 11.6 Å². The zero-order chi connectivity index (χ0) is 8.81. The van der Waals surface area contributed by atoms with Gasteiger partial charge in [-0.1, -0.05) is 39.5 Å². The molecule has 0 amide bonds. The largest absolute Gasteiger partial charge is 0.269 e. The van der Waals surface area contributed by atoms with Crippen molar-refractivity contribution >= 4 is 0 Å². The monoisotopic (exact) mass is 343 g/mol. The van der Waals surface area contributed by atoms with Crippen molar-refractivity contribution < 1.29 is 25.8 Å². The molecule has 13 heavy (non-hydrogen) atoms. The van der Waals surface area contributed by atoms with E-state index in [-0.39, 0.29) is 25.8 Å². The Morgan fingerprint density at radius 3 is 2.62 bits per heavy atom. The summed E-state index contributed by atoms with van der Waals surface area (Å²) >= 11 is 0. The van der Waals surface area contributed by atoms with Crippen LogP contribution in [0.2, 0.25) is 0 Å². The Morgan fingerprint density at radius 2 is 2.00 bits per heavy atom. The number of rotatable bonds is 5. The third kappa shape index (κ3) is 4.95. The van der Waals surface area contributed by atoms with Gasteiger partial charge in [-0.2, -0.15) is 5.57 Å². The molecule has 0 spiro atoms. The Kier molecular flexibility index (Phi) is 7.93. The number of allylic oxidation sites excluding steroid dienone is 4. The molecule has 1 aliphatic carbocycles. The van der Waals surface area contributed by atoms with Crippen molar-refractivity contribution in [1.82, 2.24) is 0 Å². The molecular weight excluding hydrogens is 323 g/mol.